The Morgan fingerprint density at radius 1 is 1.19 bits per heavy atom. The first-order chi connectivity index (χ1) is 13.0. The van der Waals surface area contributed by atoms with Gasteiger partial charge in [-0.25, -0.2) is 4.39 Å². The molecule has 1 aliphatic rings. The molecule has 5 nitrogen and oxygen atoms in total. The van der Waals surface area contributed by atoms with E-state index in [-0.39, 0.29) is 18.3 Å². The van der Waals surface area contributed by atoms with Crippen molar-refractivity contribution < 1.29 is 18.7 Å². The number of para-hydroxylation sites is 1. The van der Waals surface area contributed by atoms with Crippen LogP contribution in [0, 0.1) is 12.7 Å². The standard InChI is InChI=1S/C20H21FN2O3S/c1-14-12-15(20(25)23-8-10-27-11-9-23)6-7-17(14)22-19(24)13-26-18-5-3-2-4-16(18)21/h2-7,12H,8-11,13H2,1H3,(H,22,24). The summed E-state index contributed by atoms with van der Waals surface area (Å²) >= 11 is 1.85. The number of carbonyl (C=O) groups is 2. The molecule has 0 bridgehead atoms. The molecule has 0 radical (unpaired) electrons. The van der Waals surface area contributed by atoms with Crippen molar-refractivity contribution in [2.45, 2.75) is 6.92 Å². The van der Waals surface area contributed by atoms with Gasteiger partial charge in [0.1, 0.15) is 0 Å². The van der Waals surface area contributed by atoms with Crippen LogP contribution < -0.4 is 10.1 Å². The van der Waals surface area contributed by atoms with Gasteiger partial charge in [-0.05, 0) is 42.8 Å². The van der Waals surface area contributed by atoms with Gasteiger partial charge in [0, 0.05) is 35.8 Å². The number of aryl methyl sites for hydroxylation is 1. The molecule has 0 aliphatic carbocycles. The SMILES string of the molecule is Cc1cc(C(=O)N2CCSCC2)ccc1NC(=O)COc1ccccc1F. The van der Waals surface area contributed by atoms with Crippen LogP contribution in [0.1, 0.15) is 15.9 Å². The minimum atomic E-state index is -0.513. The number of amides is 2. The third-order valence-electron chi connectivity index (χ3n) is 4.24. The maximum atomic E-state index is 13.5. The lowest BCUT2D eigenvalue weighted by Crippen LogP contribution is -2.37. The number of benzene rings is 2. The highest BCUT2D eigenvalue weighted by molar-refractivity contribution is 7.99. The normalized spacial score (nSPS) is 13.9. The Balaban J connectivity index is 1.59. The van der Waals surface area contributed by atoms with Crippen LogP contribution in [-0.2, 0) is 4.79 Å². The zero-order chi connectivity index (χ0) is 19.2. The lowest BCUT2D eigenvalue weighted by atomic mass is 10.1. The topological polar surface area (TPSA) is 58.6 Å². The Morgan fingerprint density at radius 2 is 1.93 bits per heavy atom. The summed E-state index contributed by atoms with van der Waals surface area (Å²) in [6.45, 7) is 3.05. The van der Waals surface area contributed by atoms with Crippen molar-refractivity contribution in [2.75, 3.05) is 36.5 Å². The summed E-state index contributed by atoms with van der Waals surface area (Å²) < 4.78 is 18.7. The summed E-state index contributed by atoms with van der Waals surface area (Å²) in [6.07, 6.45) is 0. The van der Waals surface area contributed by atoms with Gasteiger partial charge in [-0.3, -0.25) is 9.59 Å². The van der Waals surface area contributed by atoms with Crippen LogP contribution in [-0.4, -0.2) is 47.9 Å². The highest BCUT2D eigenvalue weighted by Gasteiger charge is 2.19. The lowest BCUT2D eigenvalue weighted by Gasteiger charge is -2.26. The van der Waals surface area contributed by atoms with E-state index in [9.17, 15) is 14.0 Å². The predicted octanol–water partition coefficient (Wildman–Crippen LogP) is 3.34. The Bertz CT molecular complexity index is 838. The number of hydrogen-bond donors (Lipinski definition) is 1. The molecule has 1 saturated heterocycles. The number of rotatable bonds is 5. The molecule has 2 aromatic rings. The largest absolute Gasteiger partial charge is 0.481 e. The molecule has 1 aliphatic heterocycles. The minimum Gasteiger partial charge on any atom is -0.481 e. The number of anilines is 1. The lowest BCUT2D eigenvalue weighted by molar-refractivity contribution is -0.118. The molecule has 0 atom stereocenters. The fraction of sp³-hybridized carbons (Fsp3) is 0.300. The average molecular weight is 388 g/mol. The Kier molecular flexibility index (Phi) is 6.34. The van der Waals surface area contributed by atoms with Crippen LogP contribution in [0.3, 0.4) is 0 Å². The molecule has 0 aromatic heterocycles. The summed E-state index contributed by atoms with van der Waals surface area (Å²) in [7, 11) is 0. The second-order valence-corrected chi connectivity index (χ2v) is 7.43. The van der Waals surface area contributed by atoms with E-state index in [1.54, 1.807) is 30.3 Å². The first-order valence-electron chi connectivity index (χ1n) is 8.69. The molecule has 3 rings (SSSR count). The van der Waals surface area contributed by atoms with E-state index in [1.807, 2.05) is 23.6 Å². The van der Waals surface area contributed by atoms with Crippen molar-refractivity contribution in [3.05, 3.63) is 59.4 Å². The Hall–Kier alpha value is -2.54. The predicted molar refractivity (Wildman–Crippen MR) is 105 cm³/mol. The summed E-state index contributed by atoms with van der Waals surface area (Å²) in [6, 6.07) is 11.1. The molecule has 27 heavy (non-hydrogen) atoms. The second-order valence-electron chi connectivity index (χ2n) is 6.20. The number of carbonyl (C=O) groups excluding carboxylic acids is 2. The van der Waals surface area contributed by atoms with E-state index >= 15 is 0 Å². The molecule has 1 heterocycles. The number of ether oxygens (including phenoxy) is 1. The minimum absolute atomic E-state index is 0.0131. The molecule has 7 heteroatoms. The van der Waals surface area contributed by atoms with Gasteiger partial charge in [0.2, 0.25) is 0 Å². The van der Waals surface area contributed by atoms with E-state index in [4.69, 9.17) is 4.74 Å². The zero-order valence-corrected chi connectivity index (χ0v) is 15.9. The van der Waals surface area contributed by atoms with Gasteiger partial charge in [-0.15, -0.1) is 0 Å². The Morgan fingerprint density at radius 3 is 2.63 bits per heavy atom. The van der Waals surface area contributed by atoms with Crippen LogP contribution in [0.2, 0.25) is 0 Å². The number of nitrogens with one attached hydrogen (secondary N) is 1. The van der Waals surface area contributed by atoms with E-state index < -0.39 is 11.7 Å². The van der Waals surface area contributed by atoms with E-state index in [2.05, 4.69) is 5.32 Å². The monoisotopic (exact) mass is 388 g/mol. The fourth-order valence-electron chi connectivity index (χ4n) is 2.78. The number of halogens is 1. The van der Waals surface area contributed by atoms with Crippen LogP contribution in [0.15, 0.2) is 42.5 Å². The molecule has 2 aromatic carbocycles. The first-order valence-corrected chi connectivity index (χ1v) is 9.85. The van der Waals surface area contributed by atoms with Crippen molar-refractivity contribution in [3.63, 3.8) is 0 Å². The third kappa shape index (κ3) is 5.01. The van der Waals surface area contributed by atoms with Crippen molar-refractivity contribution in [1.29, 1.82) is 0 Å². The summed E-state index contributed by atoms with van der Waals surface area (Å²) in [4.78, 5) is 26.5. The maximum absolute atomic E-state index is 13.5. The van der Waals surface area contributed by atoms with E-state index in [0.29, 0.717) is 11.3 Å². The van der Waals surface area contributed by atoms with Crippen molar-refractivity contribution in [1.82, 2.24) is 4.90 Å². The maximum Gasteiger partial charge on any atom is 0.262 e. The van der Waals surface area contributed by atoms with Gasteiger partial charge in [-0.1, -0.05) is 12.1 Å². The first kappa shape index (κ1) is 19.2. The smallest absolute Gasteiger partial charge is 0.262 e. The highest BCUT2D eigenvalue weighted by atomic mass is 32.2. The van der Waals surface area contributed by atoms with E-state index in [1.165, 1.54) is 12.1 Å². The Labute approximate surface area is 161 Å². The van der Waals surface area contributed by atoms with Gasteiger partial charge in [0.25, 0.3) is 11.8 Å². The van der Waals surface area contributed by atoms with Gasteiger partial charge in [-0.2, -0.15) is 11.8 Å². The highest BCUT2D eigenvalue weighted by Crippen LogP contribution is 2.20. The quantitative estimate of drug-likeness (QED) is 0.854. The molecule has 0 unspecified atom stereocenters. The molecule has 142 valence electrons. The summed E-state index contributed by atoms with van der Waals surface area (Å²) in [5, 5.41) is 2.73. The molecule has 0 saturated carbocycles. The van der Waals surface area contributed by atoms with Crippen LogP contribution in [0.25, 0.3) is 0 Å². The molecular formula is C20H21FN2O3S. The third-order valence-corrected chi connectivity index (χ3v) is 5.18. The van der Waals surface area contributed by atoms with Gasteiger partial charge >= 0.3 is 0 Å². The van der Waals surface area contributed by atoms with Gasteiger partial charge in [0.15, 0.2) is 18.2 Å². The fourth-order valence-corrected chi connectivity index (χ4v) is 3.68. The average Bonchev–Trinajstić information content (AvgIpc) is 2.69. The molecule has 1 N–H and O–H groups in total. The van der Waals surface area contributed by atoms with E-state index in [0.717, 1.165) is 30.2 Å². The number of nitrogens with zero attached hydrogens (tertiary/aromatic N) is 1. The van der Waals surface area contributed by atoms with Crippen molar-refractivity contribution >= 4 is 29.3 Å². The molecule has 0 spiro atoms. The van der Waals surface area contributed by atoms with Crippen LogP contribution >= 0.6 is 11.8 Å². The van der Waals surface area contributed by atoms with Crippen LogP contribution in [0.4, 0.5) is 10.1 Å². The van der Waals surface area contributed by atoms with Crippen molar-refractivity contribution in [2.24, 2.45) is 0 Å². The van der Waals surface area contributed by atoms with Gasteiger partial charge in [0.05, 0.1) is 0 Å². The molecule has 1 fully saturated rings. The second kappa shape index (κ2) is 8.90. The van der Waals surface area contributed by atoms with Crippen LogP contribution in [0.5, 0.6) is 5.75 Å². The summed E-state index contributed by atoms with van der Waals surface area (Å²) in [5.74, 6) is 1.06. The summed E-state index contributed by atoms with van der Waals surface area (Å²) in [5.41, 5.74) is 1.99. The number of thioether (sulfide) groups is 1. The molecular weight excluding hydrogens is 367 g/mol. The molecule has 2 amide bonds. The van der Waals surface area contributed by atoms with Gasteiger partial charge < -0.3 is 15.0 Å². The van der Waals surface area contributed by atoms with Crippen molar-refractivity contribution in [3.8, 4) is 5.75 Å². The zero-order valence-electron chi connectivity index (χ0n) is 15.0. The number of hydrogen-bond acceptors (Lipinski definition) is 4.